The molecule has 1 N–H and O–H groups in total. The largest absolute Gasteiger partial charge is 0.478 e. The Hall–Kier alpha value is -4.13. The Morgan fingerprint density at radius 1 is 0.900 bits per heavy atom. The summed E-state index contributed by atoms with van der Waals surface area (Å²) < 4.78 is 29.3. The van der Waals surface area contributed by atoms with Gasteiger partial charge in [0.05, 0.1) is 22.2 Å². The van der Waals surface area contributed by atoms with Gasteiger partial charge in [-0.3, -0.25) is 9.36 Å². The first-order valence-electron chi connectivity index (χ1n) is 8.93. The van der Waals surface area contributed by atoms with Crippen LogP contribution in [0.1, 0.15) is 21.7 Å². The van der Waals surface area contributed by atoms with E-state index in [1.54, 1.807) is 24.3 Å². The summed E-state index contributed by atoms with van der Waals surface area (Å²) in [6.07, 6.45) is 2.56. The van der Waals surface area contributed by atoms with Crippen molar-refractivity contribution in [1.82, 2.24) is 9.55 Å². The van der Waals surface area contributed by atoms with Crippen LogP contribution < -0.4 is 5.56 Å². The molecule has 0 amide bonds. The second-order valence-electron chi connectivity index (χ2n) is 6.45. The number of aromatic nitrogens is 2. The Kier molecular flexibility index (Phi) is 4.93. The van der Waals surface area contributed by atoms with Crippen LogP contribution in [-0.4, -0.2) is 20.6 Å². The molecule has 3 aromatic carbocycles. The van der Waals surface area contributed by atoms with E-state index in [0.717, 1.165) is 12.1 Å². The third kappa shape index (κ3) is 3.48. The third-order valence-electron chi connectivity index (χ3n) is 4.57. The molecule has 4 rings (SSSR count). The molecule has 1 heterocycles. The second kappa shape index (κ2) is 7.71. The fourth-order valence-electron chi connectivity index (χ4n) is 3.09. The molecule has 0 unspecified atom stereocenters. The average Bonchev–Trinajstić information content (AvgIpc) is 2.74. The molecule has 1 aromatic heterocycles. The molecule has 0 aliphatic heterocycles. The van der Waals surface area contributed by atoms with Crippen LogP contribution in [0.15, 0.2) is 71.5 Å². The average molecular weight is 404 g/mol. The zero-order chi connectivity index (χ0) is 21.3. The Morgan fingerprint density at radius 2 is 1.57 bits per heavy atom. The first-order valence-corrected chi connectivity index (χ1v) is 8.93. The second-order valence-corrected chi connectivity index (χ2v) is 6.45. The van der Waals surface area contributed by atoms with E-state index in [2.05, 4.69) is 4.98 Å². The molecule has 0 aliphatic rings. The fourth-order valence-corrected chi connectivity index (χ4v) is 3.09. The molecule has 30 heavy (non-hydrogen) atoms. The zero-order valence-electron chi connectivity index (χ0n) is 15.4. The maximum atomic E-state index is 14.0. The molecule has 0 fully saturated rings. The Morgan fingerprint density at radius 3 is 2.23 bits per heavy atom. The molecule has 0 saturated carbocycles. The van der Waals surface area contributed by atoms with Crippen LogP contribution in [0, 0.1) is 11.6 Å². The summed E-state index contributed by atoms with van der Waals surface area (Å²) in [6.45, 7) is 0. The van der Waals surface area contributed by atoms with Gasteiger partial charge in [-0.05, 0) is 60.7 Å². The number of rotatable bonds is 4. The number of nitrogens with zero attached hydrogens (tertiary/aromatic N) is 2. The summed E-state index contributed by atoms with van der Waals surface area (Å²) in [4.78, 5) is 28.7. The number of carbonyl (C=O) groups is 1. The lowest BCUT2D eigenvalue weighted by atomic mass is 10.1. The number of hydrogen-bond acceptors (Lipinski definition) is 3. The van der Waals surface area contributed by atoms with Crippen LogP contribution in [0.2, 0.25) is 0 Å². The normalized spacial score (nSPS) is 11.3. The molecule has 0 bridgehead atoms. The van der Waals surface area contributed by atoms with E-state index in [9.17, 15) is 18.4 Å². The first-order chi connectivity index (χ1) is 14.5. The lowest BCUT2D eigenvalue weighted by molar-refractivity contribution is 0.0697. The maximum Gasteiger partial charge on any atom is 0.335 e. The minimum absolute atomic E-state index is 0.0612. The number of benzene rings is 3. The van der Waals surface area contributed by atoms with Crippen LogP contribution >= 0.6 is 0 Å². The van der Waals surface area contributed by atoms with E-state index in [1.165, 1.54) is 47.1 Å². The van der Waals surface area contributed by atoms with E-state index >= 15 is 0 Å². The molecule has 148 valence electrons. The highest BCUT2D eigenvalue weighted by Crippen LogP contribution is 2.18. The van der Waals surface area contributed by atoms with Crippen molar-refractivity contribution in [3.05, 3.63) is 106 Å². The van der Waals surface area contributed by atoms with E-state index in [0.29, 0.717) is 16.6 Å². The van der Waals surface area contributed by atoms with E-state index in [4.69, 9.17) is 5.11 Å². The molecular weight excluding hydrogens is 390 g/mol. The fraction of sp³-hybridized carbons (Fsp3) is 0. The van der Waals surface area contributed by atoms with Gasteiger partial charge in [-0.1, -0.05) is 18.2 Å². The van der Waals surface area contributed by atoms with Gasteiger partial charge in [-0.15, -0.1) is 0 Å². The molecule has 5 nitrogen and oxygen atoms in total. The van der Waals surface area contributed by atoms with Crippen LogP contribution in [0.4, 0.5) is 8.78 Å². The summed E-state index contributed by atoms with van der Waals surface area (Å²) in [5, 5.41) is 9.45. The lowest BCUT2D eigenvalue weighted by Crippen LogP contribution is -2.22. The summed E-state index contributed by atoms with van der Waals surface area (Å²) in [5.74, 6) is -2.44. The van der Waals surface area contributed by atoms with Crippen molar-refractivity contribution in [3.63, 3.8) is 0 Å². The number of para-hydroxylation sites is 1. The van der Waals surface area contributed by atoms with Gasteiger partial charge in [0.2, 0.25) is 0 Å². The summed E-state index contributed by atoms with van der Waals surface area (Å²) >= 11 is 0. The molecule has 7 heteroatoms. The van der Waals surface area contributed by atoms with Crippen LogP contribution in [0.5, 0.6) is 0 Å². The minimum Gasteiger partial charge on any atom is -0.478 e. The Labute approximate surface area is 169 Å². The Balaban J connectivity index is 1.94. The number of hydrogen-bond donors (Lipinski definition) is 1. The molecule has 0 aliphatic carbocycles. The maximum absolute atomic E-state index is 14.0. The van der Waals surface area contributed by atoms with Crippen molar-refractivity contribution in [2.24, 2.45) is 0 Å². The summed E-state index contributed by atoms with van der Waals surface area (Å²) in [6, 6.07) is 15.9. The van der Waals surface area contributed by atoms with Crippen LogP contribution in [0.3, 0.4) is 0 Å². The minimum atomic E-state index is -1.10. The van der Waals surface area contributed by atoms with Gasteiger partial charge >= 0.3 is 5.97 Å². The third-order valence-corrected chi connectivity index (χ3v) is 4.57. The molecule has 0 saturated heterocycles. The van der Waals surface area contributed by atoms with Gasteiger partial charge in [0, 0.05) is 5.56 Å². The van der Waals surface area contributed by atoms with Crippen molar-refractivity contribution >= 4 is 29.0 Å². The smallest absolute Gasteiger partial charge is 0.335 e. The zero-order valence-corrected chi connectivity index (χ0v) is 15.4. The van der Waals surface area contributed by atoms with Crippen molar-refractivity contribution in [2.45, 2.75) is 0 Å². The van der Waals surface area contributed by atoms with Gasteiger partial charge in [0.1, 0.15) is 17.5 Å². The van der Waals surface area contributed by atoms with Gasteiger partial charge in [-0.2, -0.15) is 0 Å². The lowest BCUT2D eigenvalue weighted by Gasteiger charge is -2.12. The van der Waals surface area contributed by atoms with Crippen molar-refractivity contribution in [1.29, 1.82) is 0 Å². The SMILES string of the molecule is O=C(O)c1ccc(-n2c(/C=C/c3c(F)cccc3F)nc3ccccc3c2=O)cc1. The molecule has 0 radical (unpaired) electrons. The molecule has 0 atom stereocenters. The topological polar surface area (TPSA) is 72.2 Å². The van der Waals surface area contributed by atoms with Gasteiger partial charge in [0.25, 0.3) is 5.56 Å². The molecule has 0 spiro atoms. The van der Waals surface area contributed by atoms with Crippen molar-refractivity contribution in [2.75, 3.05) is 0 Å². The number of halogens is 2. The van der Waals surface area contributed by atoms with Crippen molar-refractivity contribution < 1.29 is 18.7 Å². The molecule has 4 aromatic rings. The highest BCUT2D eigenvalue weighted by atomic mass is 19.1. The number of carboxylic acids is 1. The predicted molar refractivity (Wildman–Crippen MR) is 110 cm³/mol. The first kappa shape index (κ1) is 19.2. The number of aromatic carboxylic acids is 1. The van der Waals surface area contributed by atoms with E-state index in [1.807, 2.05) is 0 Å². The Bertz CT molecular complexity index is 1340. The van der Waals surface area contributed by atoms with E-state index in [-0.39, 0.29) is 17.0 Å². The number of carboxylic acid groups (broad SMARTS) is 1. The van der Waals surface area contributed by atoms with E-state index < -0.39 is 23.2 Å². The van der Waals surface area contributed by atoms with Crippen molar-refractivity contribution in [3.8, 4) is 5.69 Å². The highest BCUT2D eigenvalue weighted by molar-refractivity contribution is 5.88. The van der Waals surface area contributed by atoms with Crippen LogP contribution in [-0.2, 0) is 0 Å². The predicted octanol–water partition coefficient (Wildman–Crippen LogP) is 4.53. The van der Waals surface area contributed by atoms with Gasteiger partial charge in [-0.25, -0.2) is 18.6 Å². The quantitative estimate of drug-likeness (QED) is 0.542. The number of fused-ring (bicyclic) bond motifs is 1. The molecular formula is C23H14F2N2O3. The standard InChI is InChI=1S/C23H14F2N2O3/c24-18-5-3-6-19(25)16(18)12-13-21-26-20-7-2-1-4-17(20)22(28)27(21)15-10-8-14(9-11-15)23(29)30/h1-13H,(H,29,30)/b13-12+. The van der Waals surface area contributed by atoms with Crippen LogP contribution in [0.25, 0.3) is 28.7 Å². The monoisotopic (exact) mass is 404 g/mol. The van der Waals surface area contributed by atoms with Gasteiger partial charge < -0.3 is 5.11 Å². The summed E-state index contributed by atoms with van der Waals surface area (Å²) in [5.41, 5.74) is 0.211. The highest BCUT2D eigenvalue weighted by Gasteiger charge is 2.13. The van der Waals surface area contributed by atoms with Gasteiger partial charge in [0.15, 0.2) is 0 Å². The summed E-state index contributed by atoms with van der Waals surface area (Å²) in [7, 11) is 0.